The molecule has 0 saturated carbocycles. The molecule has 0 radical (unpaired) electrons. The molecule has 1 N–H and O–H groups in total. The van der Waals surface area contributed by atoms with E-state index in [4.69, 9.17) is 0 Å². The normalized spacial score (nSPS) is 23.8. The van der Waals surface area contributed by atoms with Crippen LogP contribution >= 0.6 is 0 Å². The molecule has 8 heteroatoms. The first-order valence-electron chi connectivity index (χ1n) is 8.73. The number of aliphatic hydroxyl groups is 1. The van der Waals surface area contributed by atoms with Gasteiger partial charge in [-0.1, -0.05) is 0 Å². The fraction of sp³-hybridized carbons (Fsp3) is 0.647. The minimum atomic E-state index is -0.731. The van der Waals surface area contributed by atoms with Crippen molar-refractivity contribution in [2.45, 2.75) is 31.7 Å². The highest BCUT2D eigenvalue weighted by Gasteiger charge is 2.44. The van der Waals surface area contributed by atoms with Gasteiger partial charge < -0.3 is 19.8 Å². The van der Waals surface area contributed by atoms with Gasteiger partial charge in [-0.05, 0) is 12.8 Å². The van der Waals surface area contributed by atoms with Crippen molar-refractivity contribution >= 4 is 17.6 Å². The number of carbonyl (C=O) groups excluding carboxylic acids is 2. The highest BCUT2D eigenvalue weighted by molar-refractivity contribution is 5.80. The summed E-state index contributed by atoms with van der Waals surface area (Å²) in [5.74, 6) is 0.743. The van der Waals surface area contributed by atoms with E-state index in [9.17, 15) is 14.7 Å². The number of amides is 2. The molecule has 0 aromatic carbocycles. The molecule has 1 aromatic heterocycles. The van der Waals surface area contributed by atoms with Gasteiger partial charge in [0.1, 0.15) is 5.82 Å². The van der Waals surface area contributed by atoms with Gasteiger partial charge in [0.25, 0.3) is 0 Å². The second-order valence-electron chi connectivity index (χ2n) is 6.76. The van der Waals surface area contributed by atoms with Crippen LogP contribution in [0.3, 0.4) is 0 Å². The third-order valence-corrected chi connectivity index (χ3v) is 5.26. The van der Waals surface area contributed by atoms with Crippen molar-refractivity contribution in [3.05, 3.63) is 18.6 Å². The number of piperazine rings is 1. The van der Waals surface area contributed by atoms with Gasteiger partial charge in [0.2, 0.25) is 11.8 Å². The predicted molar refractivity (Wildman–Crippen MR) is 91.9 cm³/mol. The summed E-state index contributed by atoms with van der Waals surface area (Å²) in [5, 5.41) is 9.89. The second-order valence-corrected chi connectivity index (χ2v) is 6.76. The van der Waals surface area contributed by atoms with Crippen molar-refractivity contribution in [2.24, 2.45) is 0 Å². The third kappa shape index (κ3) is 3.58. The Morgan fingerprint density at radius 3 is 2.56 bits per heavy atom. The molecule has 2 amide bonds. The molecule has 2 fully saturated rings. The Bertz CT molecular complexity index is 618. The quantitative estimate of drug-likeness (QED) is 0.817. The average Bonchev–Trinajstić information content (AvgIpc) is 3.07. The predicted octanol–water partition coefficient (Wildman–Crippen LogP) is -0.111. The third-order valence-electron chi connectivity index (χ3n) is 5.26. The van der Waals surface area contributed by atoms with Crippen LogP contribution in [0.1, 0.15) is 26.2 Å². The van der Waals surface area contributed by atoms with E-state index in [0.717, 1.165) is 12.2 Å². The molecule has 136 valence electrons. The van der Waals surface area contributed by atoms with Crippen molar-refractivity contribution < 1.29 is 14.7 Å². The number of hydrogen-bond acceptors (Lipinski definition) is 6. The lowest BCUT2D eigenvalue weighted by Crippen LogP contribution is -2.55. The van der Waals surface area contributed by atoms with Gasteiger partial charge in [-0.15, -0.1) is 0 Å². The second kappa shape index (κ2) is 7.35. The lowest BCUT2D eigenvalue weighted by atomic mass is 9.92. The number of aliphatic hydroxyl groups excluding tert-OH is 1. The zero-order valence-corrected chi connectivity index (χ0v) is 14.6. The summed E-state index contributed by atoms with van der Waals surface area (Å²) in [7, 11) is 0. The fourth-order valence-corrected chi connectivity index (χ4v) is 3.87. The summed E-state index contributed by atoms with van der Waals surface area (Å²) in [6.07, 6.45) is 6.71. The molecule has 3 rings (SSSR count). The van der Waals surface area contributed by atoms with Gasteiger partial charge in [-0.3, -0.25) is 14.6 Å². The van der Waals surface area contributed by atoms with Gasteiger partial charge in [-0.2, -0.15) is 0 Å². The molecular weight excluding hydrogens is 322 g/mol. The molecule has 2 aliphatic rings. The van der Waals surface area contributed by atoms with Crippen LogP contribution in [0, 0.1) is 0 Å². The Morgan fingerprint density at radius 1 is 1.20 bits per heavy atom. The summed E-state index contributed by atoms with van der Waals surface area (Å²) >= 11 is 0. The average molecular weight is 347 g/mol. The number of hydrogen-bond donors (Lipinski definition) is 1. The van der Waals surface area contributed by atoms with Crippen molar-refractivity contribution in [1.82, 2.24) is 19.8 Å². The van der Waals surface area contributed by atoms with E-state index in [2.05, 4.69) is 14.9 Å². The maximum atomic E-state index is 12.8. The van der Waals surface area contributed by atoms with Gasteiger partial charge in [0, 0.05) is 52.0 Å². The van der Waals surface area contributed by atoms with Crippen LogP contribution in [0.4, 0.5) is 5.82 Å². The first-order valence-corrected chi connectivity index (χ1v) is 8.73. The molecule has 0 bridgehead atoms. The monoisotopic (exact) mass is 347 g/mol. The van der Waals surface area contributed by atoms with Crippen molar-refractivity contribution in [1.29, 1.82) is 0 Å². The van der Waals surface area contributed by atoms with Gasteiger partial charge in [-0.25, -0.2) is 4.98 Å². The molecule has 0 unspecified atom stereocenters. The van der Waals surface area contributed by atoms with E-state index >= 15 is 0 Å². The van der Waals surface area contributed by atoms with Crippen LogP contribution < -0.4 is 4.90 Å². The van der Waals surface area contributed by atoms with Crippen LogP contribution in [-0.2, 0) is 9.59 Å². The SMILES string of the molecule is CC(=O)N1CCC[C@]1(CO)CC(=O)N1CCN(c2cnccn2)CC1. The van der Waals surface area contributed by atoms with Crippen molar-refractivity contribution in [2.75, 3.05) is 44.2 Å². The van der Waals surface area contributed by atoms with Crippen LogP contribution in [0.5, 0.6) is 0 Å². The maximum Gasteiger partial charge on any atom is 0.225 e. The van der Waals surface area contributed by atoms with E-state index in [1.807, 2.05) is 4.90 Å². The summed E-state index contributed by atoms with van der Waals surface area (Å²) in [4.78, 5) is 38.6. The molecular formula is C17H25N5O3. The first kappa shape index (κ1) is 17.6. The van der Waals surface area contributed by atoms with Gasteiger partial charge >= 0.3 is 0 Å². The Hall–Kier alpha value is -2.22. The summed E-state index contributed by atoms with van der Waals surface area (Å²) in [5.41, 5.74) is -0.731. The number of aromatic nitrogens is 2. The summed E-state index contributed by atoms with van der Waals surface area (Å²) < 4.78 is 0. The number of carbonyl (C=O) groups is 2. The summed E-state index contributed by atoms with van der Waals surface area (Å²) in [6, 6.07) is 0. The first-order chi connectivity index (χ1) is 12.1. The Kier molecular flexibility index (Phi) is 5.17. The smallest absolute Gasteiger partial charge is 0.225 e. The lowest BCUT2D eigenvalue weighted by Gasteiger charge is -2.40. The molecule has 2 aliphatic heterocycles. The molecule has 25 heavy (non-hydrogen) atoms. The zero-order chi connectivity index (χ0) is 17.9. The van der Waals surface area contributed by atoms with Crippen LogP contribution in [0.2, 0.25) is 0 Å². The Labute approximate surface area is 147 Å². The minimum Gasteiger partial charge on any atom is -0.394 e. The molecule has 8 nitrogen and oxygen atoms in total. The highest BCUT2D eigenvalue weighted by atomic mass is 16.3. The fourth-order valence-electron chi connectivity index (χ4n) is 3.87. The number of anilines is 1. The van der Waals surface area contributed by atoms with E-state index in [-0.39, 0.29) is 24.8 Å². The minimum absolute atomic E-state index is 0.000922. The highest BCUT2D eigenvalue weighted by Crippen LogP contribution is 2.33. The van der Waals surface area contributed by atoms with Crippen LogP contribution in [0.25, 0.3) is 0 Å². The van der Waals surface area contributed by atoms with E-state index in [0.29, 0.717) is 39.1 Å². The maximum absolute atomic E-state index is 12.8. The van der Waals surface area contributed by atoms with E-state index < -0.39 is 5.54 Å². The van der Waals surface area contributed by atoms with E-state index in [1.54, 1.807) is 23.5 Å². The number of likely N-dealkylation sites (tertiary alicyclic amines) is 1. The van der Waals surface area contributed by atoms with Gasteiger partial charge in [0.05, 0.1) is 24.8 Å². The molecule has 0 aliphatic carbocycles. The Balaban J connectivity index is 1.60. The van der Waals surface area contributed by atoms with Gasteiger partial charge in [0.15, 0.2) is 0 Å². The lowest BCUT2D eigenvalue weighted by molar-refractivity contribution is -0.141. The van der Waals surface area contributed by atoms with Crippen LogP contribution in [-0.4, -0.2) is 81.6 Å². The van der Waals surface area contributed by atoms with Crippen molar-refractivity contribution in [3.8, 4) is 0 Å². The molecule has 1 aromatic rings. The number of nitrogens with zero attached hydrogens (tertiary/aromatic N) is 5. The van der Waals surface area contributed by atoms with E-state index in [1.165, 1.54) is 6.92 Å². The summed E-state index contributed by atoms with van der Waals surface area (Å²) in [6.45, 7) is 4.56. The van der Waals surface area contributed by atoms with Crippen LogP contribution in [0.15, 0.2) is 18.6 Å². The largest absolute Gasteiger partial charge is 0.394 e. The molecule has 2 saturated heterocycles. The molecule has 0 spiro atoms. The standard InChI is InChI=1S/C17H25N5O3/c1-14(24)22-6-2-3-17(22,13-23)11-16(25)21-9-7-20(8-10-21)15-12-18-4-5-19-15/h4-5,12,23H,2-3,6-11,13H2,1H3/t17-/m1/s1. The van der Waals surface area contributed by atoms with Crippen molar-refractivity contribution in [3.63, 3.8) is 0 Å². The molecule has 1 atom stereocenters. The Morgan fingerprint density at radius 2 is 1.96 bits per heavy atom. The number of rotatable bonds is 4. The molecule has 3 heterocycles. The topological polar surface area (TPSA) is 89.9 Å². The zero-order valence-electron chi connectivity index (χ0n) is 14.6.